The van der Waals surface area contributed by atoms with Gasteiger partial charge in [0.15, 0.2) is 12.2 Å². The molecule has 0 N–H and O–H groups in total. The molecule has 5 aromatic rings. The quantitative estimate of drug-likeness (QED) is 0.116. The first-order chi connectivity index (χ1) is 26.6. The molecule has 0 spiro atoms. The number of ether oxygens (including phenoxy) is 4. The van der Waals surface area contributed by atoms with Crippen molar-refractivity contribution >= 4 is 22.6 Å². The lowest BCUT2D eigenvalue weighted by Crippen LogP contribution is -2.40. The number of methoxy groups -OCH3 is 1. The highest BCUT2D eigenvalue weighted by molar-refractivity contribution is 5.89. The van der Waals surface area contributed by atoms with E-state index >= 15 is 0 Å². The maximum absolute atomic E-state index is 13.1. The highest BCUT2D eigenvalue weighted by Crippen LogP contribution is 2.28. The van der Waals surface area contributed by atoms with E-state index in [9.17, 15) is 32.3 Å². The maximum Gasteiger partial charge on any atom is 0.431 e. The predicted molar refractivity (Wildman–Crippen MR) is 207 cm³/mol. The predicted octanol–water partition coefficient (Wildman–Crippen LogP) is 7.11. The summed E-state index contributed by atoms with van der Waals surface area (Å²) in [7, 11) is 2.22. The topological polar surface area (TPSA) is 118 Å². The van der Waals surface area contributed by atoms with Crippen LogP contribution in [0.2, 0.25) is 0 Å². The second-order valence-electron chi connectivity index (χ2n) is 12.7. The lowest BCUT2D eigenvalue weighted by Gasteiger charge is -2.23. The molecule has 0 saturated carbocycles. The number of likely N-dealkylation sites (N-methyl/N-ethyl adjacent to an activating group) is 1. The third-order valence-electron chi connectivity index (χ3n) is 8.95. The molecule has 0 aliphatic rings. The number of alkyl halides is 3. The summed E-state index contributed by atoms with van der Waals surface area (Å²) >= 11 is 0. The largest absolute Gasteiger partial charge is 0.489 e. The van der Waals surface area contributed by atoms with Crippen molar-refractivity contribution in [1.82, 2.24) is 14.0 Å². The van der Waals surface area contributed by atoms with E-state index in [0.29, 0.717) is 45.4 Å². The van der Waals surface area contributed by atoms with Crippen molar-refractivity contribution in [3.8, 4) is 22.9 Å². The average Bonchev–Trinajstić information content (AvgIpc) is 3.19. The fourth-order valence-electron chi connectivity index (χ4n) is 5.77. The van der Waals surface area contributed by atoms with Crippen LogP contribution >= 0.6 is 0 Å². The first kappa shape index (κ1) is 42.7. The Morgan fingerprint density at radius 3 is 2.07 bits per heavy atom. The fraction of sp³-hybridized carbons (Fsp3) is 0.333. The van der Waals surface area contributed by atoms with Gasteiger partial charge in [-0.1, -0.05) is 55.5 Å². The smallest absolute Gasteiger partial charge is 0.431 e. The normalized spacial score (nSPS) is 12.2. The van der Waals surface area contributed by atoms with E-state index in [1.165, 1.54) is 31.4 Å². The summed E-state index contributed by atoms with van der Waals surface area (Å²) in [6, 6.07) is 25.6. The van der Waals surface area contributed by atoms with E-state index < -0.39 is 41.3 Å². The second kappa shape index (κ2) is 19.0. The summed E-state index contributed by atoms with van der Waals surface area (Å²) in [6.45, 7) is 10.8. The number of amides is 1. The lowest BCUT2D eigenvalue weighted by atomic mass is 10.1. The number of fused-ring (bicyclic) bond motifs is 1. The molecular formula is C42H46F3N3O8. The fourth-order valence-corrected chi connectivity index (χ4v) is 5.77. The van der Waals surface area contributed by atoms with Gasteiger partial charge in [0, 0.05) is 37.2 Å². The second-order valence-corrected chi connectivity index (χ2v) is 12.7. The Morgan fingerprint density at radius 1 is 0.804 bits per heavy atom. The Kier molecular flexibility index (Phi) is 14.5. The van der Waals surface area contributed by atoms with Crippen molar-refractivity contribution in [1.29, 1.82) is 0 Å². The summed E-state index contributed by atoms with van der Waals surface area (Å²) < 4.78 is 62.4. The average molecular weight is 778 g/mol. The number of rotatable bonds is 13. The van der Waals surface area contributed by atoms with Gasteiger partial charge < -0.3 is 23.8 Å². The minimum Gasteiger partial charge on any atom is -0.489 e. The Bertz CT molecular complexity index is 2240. The van der Waals surface area contributed by atoms with Gasteiger partial charge in [0.1, 0.15) is 29.5 Å². The third-order valence-corrected chi connectivity index (χ3v) is 8.95. The Morgan fingerprint density at radius 2 is 1.45 bits per heavy atom. The van der Waals surface area contributed by atoms with Crippen LogP contribution in [0, 0.1) is 0 Å². The zero-order valence-corrected chi connectivity index (χ0v) is 32.4. The third kappa shape index (κ3) is 10.4. The number of carbonyl (C=O) groups is 2. The molecule has 2 atom stereocenters. The summed E-state index contributed by atoms with van der Waals surface area (Å²) in [5.74, 6) is 1.11. The number of aryl methyl sites for hydroxylation is 1. The van der Waals surface area contributed by atoms with Crippen LogP contribution in [0.3, 0.4) is 0 Å². The number of hydrogen-bond acceptors (Lipinski definition) is 8. The van der Waals surface area contributed by atoms with Crippen molar-refractivity contribution in [3.05, 3.63) is 129 Å². The SMILES string of the molecule is CCN(CC)C(=O)C(C)Oc1cccc2ccccc12.CCc1ccc(COc2ccc(-n3c(=O)cc(C(F)(F)F)n(C)c3=O)cc2)c(OC(C)C(=O)OC)c1. The van der Waals surface area contributed by atoms with Gasteiger partial charge in [0.05, 0.1) is 12.8 Å². The summed E-state index contributed by atoms with van der Waals surface area (Å²) in [4.78, 5) is 50.5. The first-order valence-corrected chi connectivity index (χ1v) is 18.1. The summed E-state index contributed by atoms with van der Waals surface area (Å²) in [5, 5.41) is 2.15. The Hall–Kier alpha value is -6.05. The van der Waals surface area contributed by atoms with Crippen LogP contribution in [0.25, 0.3) is 16.5 Å². The number of nitrogens with zero attached hydrogens (tertiary/aromatic N) is 3. The minimum atomic E-state index is -4.84. The maximum atomic E-state index is 13.1. The van der Waals surface area contributed by atoms with Crippen LogP contribution in [0.15, 0.2) is 101 Å². The molecule has 5 rings (SSSR count). The lowest BCUT2D eigenvalue weighted by molar-refractivity contribution is -0.148. The van der Waals surface area contributed by atoms with E-state index in [2.05, 4.69) is 0 Å². The van der Waals surface area contributed by atoms with Crippen molar-refractivity contribution in [2.45, 2.75) is 66.0 Å². The molecule has 0 aliphatic carbocycles. The molecule has 0 aliphatic heterocycles. The Labute approximate surface area is 322 Å². The van der Waals surface area contributed by atoms with Gasteiger partial charge in [-0.2, -0.15) is 13.2 Å². The molecule has 56 heavy (non-hydrogen) atoms. The van der Waals surface area contributed by atoms with Crippen LogP contribution in [-0.2, 0) is 40.6 Å². The van der Waals surface area contributed by atoms with Crippen molar-refractivity contribution in [2.75, 3.05) is 20.2 Å². The molecule has 1 heterocycles. The van der Waals surface area contributed by atoms with Crippen LogP contribution in [0.5, 0.6) is 17.2 Å². The van der Waals surface area contributed by atoms with Gasteiger partial charge in [-0.3, -0.25) is 14.2 Å². The van der Waals surface area contributed by atoms with Crippen LogP contribution in [-0.4, -0.2) is 58.3 Å². The molecular weight excluding hydrogens is 731 g/mol. The summed E-state index contributed by atoms with van der Waals surface area (Å²) in [5.41, 5.74) is -1.80. The molecule has 4 aromatic carbocycles. The number of carbonyl (C=O) groups excluding carboxylic acids is 2. The molecule has 2 unspecified atom stereocenters. The molecule has 11 nitrogen and oxygen atoms in total. The molecule has 0 saturated heterocycles. The molecule has 1 aromatic heterocycles. The van der Waals surface area contributed by atoms with Gasteiger partial charge in [0.25, 0.3) is 11.5 Å². The number of hydrogen-bond donors (Lipinski definition) is 0. The first-order valence-electron chi connectivity index (χ1n) is 18.1. The number of halogens is 3. The molecule has 0 bridgehead atoms. The van der Waals surface area contributed by atoms with Gasteiger partial charge in [-0.05, 0) is 81.5 Å². The van der Waals surface area contributed by atoms with E-state index in [1.807, 2.05) is 88.4 Å². The number of esters is 1. The van der Waals surface area contributed by atoms with Crippen molar-refractivity contribution in [2.24, 2.45) is 7.05 Å². The summed E-state index contributed by atoms with van der Waals surface area (Å²) in [6.07, 6.45) is -5.38. The number of benzene rings is 4. The number of aromatic nitrogens is 2. The van der Waals surface area contributed by atoms with Gasteiger partial charge in [-0.15, -0.1) is 0 Å². The highest BCUT2D eigenvalue weighted by atomic mass is 19.4. The van der Waals surface area contributed by atoms with Crippen LogP contribution in [0.4, 0.5) is 13.2 Å². The van der Waals surface area contributed by atoms with E-state index in [4.69, 9.17) is 18.9 Å². The van der Waals surface area contributed by atoms with Gasteiger partial charge in [-0.25, -0.2) is 14.2 Å². The molecule has 0 fully saturated rings. The monoisotopic (exact) mass is 777 g/mol. The Balaban J connectivity index is 0.000000293. The van der Waals surface area contributed by atoms with Crippen LogP contribution in [0.1, 0.15) is 51.4 Å². The molecule has 14 heteroatoms. The zero-order chi connectivity index (χ0) is 41.2. The van der Waals surface area contributed by atoms with Crippen molar-refractivity contribution in [3.63, 3.8) is 0 Å². The standard InChI is InChI=1S/C25H25F3N2O6.C17H21NO2/c1-5-16-6-7-17(20(12-16)36-15(2)23(32)34-4)14-35-19-10-8-18(9-11-19)30-22(31)13-21(25(26,27)28)29(3)24(30)33;1-4-18(5-2)17(19)13(3)20-16-12-8-10-14-9-6-7-11-15(14)16/h6-13,15H,5,14H2,1-4H3;6-13H,4-5H2,1-3H3. The van der Waals surface area contributed by atoms with Crippen molar-refractivity contribution < 1.29 is 41.7 Å². The van der Waals surface area contributed by atoms with E-state index in [0.717, 1.165) is 35.6 Å². The van der Waals surface area contributed by atoms with Gasteiger partial charge >= 0.3 is 17.8 Å². The zero-order valence-electron chi connectivity index (χ0n) is 32.4. The highest BCUT2D eigenvalue weighted by Gasteiger charge is 2.35. The molecule has 298 valence electrons. The minimum absolute atomic E-state index is 0.0305. The van der Waals surface area contributed by atoms with E-state index in [-0.39, 0.29) is 18.2 Å². The van der Waals surface area contributed by atoms with Crippen LogP contribution < -0.4 is 25.5 Å². The van der Waals surface area contributed by atoms with E-state index in [1.54, 1.807) is 11.8 Å². The van der Waals surface area contributed by atoms with Gasteiger partial charge in [0.2, 0.25) is 0 Å². The molecule has 0 radical (unpaired) electrons. The molecule has 1 amide bonds.